The lowest BCUT2D eigenvalue weighted by molar-refractivity contribution is -0.432. The van der Waals surface area contributed by atoms with Gasteiger partial charge in [0.15, 0.2) is 5.69 Å². The molecular formula is C16H15N3O4S. The van der Waals surface area contributed by atoms with Crippen LogP contribution >= 0.6 is 12.0 Å². The Hall–Kier alpha value is -2.39. The number of aromatic hydroxyl groups is 1. The monoisotopic (exact) mass is 345 g/mol. The van der Waals surface area contributed by atoms with Crippen LogP contribution in [0.25, 0.3) is 10.9 Å². The summed E-state index contributed by atoms with van der Waals surface area (Å²) in [6, 6.07) is 13.0. The number of H-pyrrole nitrogens is 1. The van der Waals surface area contributed by atoms with Crippen molar-refractivity contribution < 1.29 is 19.7 Å². The second kappa shape index (κ2) is 7.45. The van der Waals surface area contributed by atoms with Gasteiger partial charge < -0.3 is 10.1 Å². The molecule has 0 aliphatic heterocycles. The van der Waals surface area contributed by atoms with Gasteiger partial charge in [-0.05, 0) is 36.2 Å². The van der Waals surface area contributed by atoms with Crippen molar-refractivity contribution in [3.63, 3.8) is 0 Å². The maximum Gasteiger partial charge on any atom is 0.218 e. The van der Waals surface area contributed by atoms with Crippen molar-refractivity contribution in [2.75, 3.05) is 0 Å². The zero-order valence-corrected chi connectivity index (χ0v) is 13.6. The van der Waals surface area contributed by atoms with E-state index in [0.717, 1.165) is 29.7 Å². The Morgan fingerprint density at radius 2 is 2.00 bits per heavy atom. The van der Waals surface area contributed by atoms with Crippen LogP contribution in [0, 0.1) is 0 Å². The van der Waals surface area contributed by atoms with E-state index in [9.17, 15) is 5.11 Å². The van der Waals surface area contributed by atoms with Crippen LogP contribution in [0.15, 0.2) is 57.6 Å². The number of hydrogen-bond acceptors (Lipinski definition) is 7. The number of rotatable bonds is 6. The highest BCUT2D eigenvalue weighted by Gasteiger charge is 2.12. The molecule has 0 aliphatic rings. The number of azo groups is 1. The van der Waals surface area contributed by atoms with Crippen molar-refractivity contribution in [3.05, 3.63) is 48.0 Å². The van der Waals surface area contributed by atoms with Crippen LogP contribution in [0.3, 0.4) is 0 Å². The van der Waals surface area contributed by atoms with Crippen molar-refractivity contribution in [2.45, 2.75) is 18.2 Å². The lowest BCUT2D eigenvalue weighted by atomic mass is 10.1. The highest BCUT2D eigenvalue weighted by molar-refractivity contribution is 7.94. The molecule has 0 fully saturated rings. The van der Waals surface area contributed by atoms with Crippen LogP contribution in [0.2, 0.25) is 0 Å². The van der Waals surface area contributed by atoms with E-state index < -0.39 is 0 Å². The molecule has 0 saturated heterocycles. The molecule has 2 aromatic carbocycles. The van der Waals surface area contributed by atoms with Gasteiger partial charge >= 0.3 is 0 Å². The first-order valence-electron chi connectivity index (χ1n) is 7.22. The summed E-state index contributed by atoms with van der Waals surface area (Å²) in [5.41, 5.74) is 2.88. The largest absolute Gasteiger partial charge is 0.493 e. The van der Waals surface area contributed by atoms with Crippen molar-refractivity contribution in [3.8, 4) is 5.88 Å². The van der Waals surface area contributed by atoms with Crippen molar-refractivity contribution in [2.24, 2.45) is 10.2 Å². The predicted octanol–water partition coefficient (Wildman–Crippen LogP) is 5.28. The zero-order chi connectivity index (χ0) is 16.9. The molecule has 1 aromatic heterocycles. The van der Waals surface area contributed by atoms with Gasteiger partial charge in [0.25, 0.3) is 0 Å². The van der Waals surface area contributed by atoms with E-state index in [1.54, 1.807) is 18.2 Å². The molecule has 124 valence electrons. The van der Waals surface area contributed by atoms with Gasteiger partial charge in [-0.25, -0.2) is 5.26 Å². The summed E-state index contributed by atoms with van der Waals surface area (Å²) < 4.78 is 4.42. The summed E-state index contributed by atoms with van der Waals surface area (Å²) in [6.45, 7) is 2.05. The number of aryl methyl sites for hydroxylation is 1. The quantitative estimate of drug-likeness (QED) is 0.244. The number of aromatic nitrogens is 1. The van der Waals surface area contributed by atoms with E-state index in [4.69, 9.17) is 5.26 Å². The number of aromatic amines is 1. The van der Waals surface area contributed by atoms with Gasteiger partial charge in [0.05, 0.1) is 23.2 Å². The second-order valence-corrected chi connectivity index (χ2v) is 5.71. The van der Waals surface area contributed by atoms with E-state index >= 15 is 0 Å². The normalized spacial score (nSPS) is 11.6. The molecule has 0 amide bonds. The van der Waals surface area contributed by atoms with Gasteiger partial charge in [0, 0.05) is 10.3 Å². The van der Waals surface area contributed by atoms with Gasteiger partial charge in [-0.15, -0.1) is 9.45 Å². The fraction of sp³-hybridized carbons (Fsp3) is 0.125. The lowest BCUT2D eigenvalue weighted by Crippen LogP contribution is -1.79. The Morgan fingerprint density at radius 1 is 1.17 bits per heavy atom. The third-order valence-corrected chi connectivity index (χ3v) is 4.09. The Morgan fingerprint density at radius 3 is 2.79 bits per heavy atom. The van der Waals surface area contributed by atoms with E-state index in [-0.39, 0.29) is 5.88 Å². The van der Waals surface area contributed by atoms with E-state index in [0.29, 0.717) is 21.5 Å². The summed E-state index contributed by atoms with van der Waals surface area (Å²) in [6.07, 6.45) is 0.842. The molecule has 7 nitrogen and oxygen atoms in total. The Balaban J connectivity index is 1.98. The van der Waals surface area contributed by atoms with E-state index in [2.05, 4.69) is 24.6 Å². The average molecular weight is 345 g/mol. The number of nitrogens with one attached hydrogen (secondary N) is 1. The summed E-state index contributed by atoms with van der Waals surface area (Å²) >= 11 is 0.834. The molecule has 3 aromatic rings. The first-order valence-corrected chi connectivity index (χ1v) is 7.96. The van der Waals surface area contributed by atoms with Crippen LogP contribution in [0.4, 0.5) is 11.4 Å². The van der Waals surface area contributed by atoms with E-state index in [1.807, 2.05) is 31.2 Å². The molecule has 0 spiro atoms. The maximum atomic E-state index is 10.1. The molecule has 0 atom stereocenters. The molecule has 0 unspecified atom stereocenters. The van der Waals surface area contributed by atoms with Crippen molar-refractivity contribution >= 4 is 34.3 Å². The first-order chi connectivity index (χ1) is 11.7. The Kier molecular flexibility index (Phi) is 5.11. The van der Waals surface area contributed by atoms with Gasteiger partial charge in [0.2, 0.25) is 5.88 Å². The smallest absolute Gasteiger partial charge is 0.218 e. The molecule has 0 saturated carbocycles. The minimum atomic E-state index is -0.0655. The van der Waals surface area contributed by atoms with Crippen LogP contribution in [0.5, 0.6) is 5.88 Å². The van der Waals surface area contributed by atoms with Gasteiger partial charge in [-0.2, -0.15) is 5.11 Å². The minimum absolute atomic E-state index is 0.0655. The highest BCUT2D eigenvalue weighted by Crippen LogP contribution is 2.38. The molecule has 0 radical (unpaired) electrons. The van der Waals surface area contributed by atoms with Gasteiger partial charge in [-0.1, -0.05) is 30.2 Å². The zero-order valence-electron chi connectivity index (χ0n) is 12.8. The Labute approximate surface area is 142 Å². The summed E-state index contributed by atoms with van der Waals surface area (Å²) in [5.74, 6) is -0.0655. The summed E-state index contributed by atoms with van der Waals surface area (Å²) in [7, 11) is 0. The maximum absolute atomic E-state index is 10.1. The fourth-order valence-corrected chi connectivity index (χ4v) is 2.76. The molecule has 3 rings (SSSR count). The van der Waals surface area contributed by atoms with Crippen LogP contribution in [0.1, 0.15) is 12.5 Å². The second-order valence-electron chi connectivity index (χ2n) is 4.94. The van der Waals surface area contributed by atoms with Crippen LogP contribution < -0.4 is 0 Å². The molecule has 8 heteroatoms. The molecular weight excluding hydrogens is 330 g/mol. The minimum Gasteiger partial charge on any atom is -0.493 e. The predicted molar refractivity (Wildman–Crippen MR) is 90.6 cm³/mol. The molecule has 0 aliphatic carbocycles. The first kappa shape index (κ1) is 16.5. The Bertz CT molecular complexity index is 879. The molecule has 1 heterocycles. The molecule has 24 heavy (non-hydrogen) atoms. The van der Waals surface area contributed by atoms with Crippen molar-refractivity contribution in [1.82, 2.24) is 4.98 Å². The number of benzene rings is 2. The SMILES string of the molecule is CCc1ccccc1N=Nc1c(O)[nH]c2ccc(SOOO)cc12. The third-order valence-electron chi connectivity index (χ3n) is 3.51. The van der Waals surface area contributed by atoms with E-state index in [1.165, 1.54) is 0 Å². The number of hydrogen-bond donors (Lipinski definition) is 3. The van der Waals surface area contributed by atoms with Gasteiger partial charge in [0.1, 0.15) is 0 Å². The molecule has 3 N–H and O–H groups in total. The average Bonchev–Trinajstić information content (AvgIpc) is 2.93. The van der Waals surface area contributed by atoms with Crippen molar-refractivity contribution in [1.29, 1.82) is 0 Å². The third kappa shape index (κ3) is 3.41. The lowest BCUT2D eigenvalue weighted by Gasteiger charge is -2.00. The number of fused-ring (bicyclic) bond motifs is 1. The summed E-state index contributed by atoms with van der Waals surface area (Å²) in [5, 5.41) is 31.1. The number of nitrogens with zero attached hydrogens (tertiary/aromatic N) is 2. The van der Waals surface area contributed by atoms with Crippen LogP contribution in [-0.4, -0.2) is 15.3 Å². The highest BCUT2D eigenvalue weighted by atomic mass is 32.2. The topological polar surface area (TPSA) is 99.4 Å². The summed E-state index contributed by atoms with van der Waals surface area (Å²) in [4.78, 5) is 3.51. The fourth-order valence-electron chi connectivity index (χ4n) is 2.36. The molecule has 0 bridgehead atoms. The van der Waals surface area contributed by atoms with Gasteiger partial charge in [-0.3, -0.25) is 0 Å². The van der Waals surface area contributed by atoms with Crippen LogP contribution in [-0.2, 0) is 15.8 Å². The standard InChI is InChI=1S/C16H15N3O4S/c1-2-10-5-3-4-6-13(10)18-19-15-12-9-11(24-23-22-21)7-8-14(12)17-16(15)20/h3-9,17,20-21H,2H2,1H3.